The summed E-state index contributed by atoms with van der Waals surface area (Å²) in [6.07, 6.45) is 4.21. The fourth-order valence-corrected chi connectivity index (χ4v) is 3.37. The second-order valence-corrected chi connectivity index (χ2v) is 7.86. The third-order valence-corrected chi connectivity index (χ3v) is 4.50. The molecule has 2 aromatic rings. The van der Waals surface area contributed by atoms with Crippen LogP contribution in [0.4, 0.5) is 4.79 Å². The van der Waals surface area contributed by atoms with Crippen molar-refractivity contribution >= 4 is 6.09 Å². The van der Waals surface area contributed by atoms with Gasteiger partial charge in [-0.15, -0.1) is 0 Å². The van der Waals surface area contributed by atoms with E-state index in [2.05, 4.69) is 10.5 Å². The molecule has 1 aliphatic rings. The number of nitrogens with one attached hydrogen (secondary N) is 1. The number of benzene rings is 1. The molecule has 0 bridgehead atoms. The molecule has 6 nitrogen and oxygen atoms in total. The highest BCUT2D eigenvalue weighted by Crippen LogP contribution is 2.43. The number of amides is 1. The minimum absolute atomic E-state index is 0.305. The van der Waals surface area contributed by atoms with Gasteiger partial charge < -0.3 is 19.3 Å². The first-order valence-electron chi connectivity index (χ1n) is 9.58. The van der Waals surface area contributed by atoms with Gasteiger partial charge in [0.2, 0.25) is 0 Å². The van der Waals surface area contributed by atoms with Gasteiger partial charge in [-0.3, -0.25) is 0 Å². The van der Waals surface area contributed by atoms with E-state index >= 15 is 0 Å². The first-order chi connectivity index (χ1) is 12.9. The van der Waals surface area contributed by atoms with E-state index in [4.69, 9.17) is 14.0 Å². The monoisotopic (exact) mass is 372 g/mol. The summed E-state index contributed by atoms with van der Waals surface area (Å²) in [7, 11) is 0. The number of nitrogens with zero attached hydrogens (tertiary/aromatic N) is 1. The van der Waals surface area contributed by atoms with Crippen molar-refractivity contribution in [3.8, 4) is 17.2 Å². The predicted octanol–water partition coefficient (Wildman–Crippen LogP) is 4.90. The van der Waals surface area contributed by atoms with Crippen molar-refractivity contribution in [2.45, 2.75) is 58.0 Å². The van der Waals surface area contributed by atoms with Crippen LogP contribution in [0.15, 0.2) is 34.9 Å². The molecule has 1 aromatic heterocycles. The first kappa shape index (κ1) is 19.3. The van der Waals surface area contributed by atoms with Crippen molar-refractivity contribution in [1.29, 1.82) is 0 Å². The second-order valence-electron chi connectivity index (χ2n) is 7.86. The van der Waals surface area contributed by atoms with Crippen molar-refractivity contribution in [2.24, 2.45) is 0 Å². The lowest BCUT2D eigenvalue weighted by Gasteiger charge is -2.19. The average molecular weight is 372 g/mol. The summed E-state index contributed by atoms with van der Waals surface area (Å²) >= 11 is 0. The fraction of sp³-hybridized carbons (Fsp3) is 0.524. The van der Waals surface area contributed by atoms with Gasteiger partial charge in [-0.05, 0) is 44.7 Å². The maximum atomic E-state index is 11.7. The summed E-state index contributed by atoms with van der Waals surface area (Å²) in [5.41, 5.74) is 1.54. The highest BCUT2D eigenvalue weighted by molar-refractivity contribution is 5.67. The van der Waals surface area contributed by atoms with Gasteiger partial charge in [0.05, 0.1) is 12.1 Å². The molecular weight excluding hydrogens is 344 g/mol. The van der Waals surface area contributed by atoms with E-state index in [1.165, 1.54) is 12.8 Å². The van der Waals surface area contributed by atoms with Crippen LogP contribution in [0.5, 0.6) is 5.88 Å². The third kappa shape index (κ3) is 5.25. The summed E-state index contributed by atoms with van der Waals surface area (Å²) < 4.78 is 16.7. The molecule has 1 heterocycles. The molecule has 0 saturated heterocycles. The van der Waals surface area contributed by atoms with Crippen LogP contribution in [0, 0.1) is 0 Å². The number of hydrogen-bond donors (Lipinski definition) is 1. The molecule has 1 saturated carbocycles. The minimum Gasteiger partial charge on any atom is -0.473 e. The number of carbonyl (C=O) groups excluding carboxylic acids is 1. The lowest BCUT2D eigenvalue weighted by molar-refractivity contribution is 0.0519. The van der Waals surface area contributed by atoms with Crippen molar-refractivity contribution in [3.05, 3.63) is 35.9 Å². The van der Waals surface area contributed by atoms with E-state index in [1.807, 2.05) is 51.1 Å². The van der Waals surface area contributed by atoms with Crippen molar-refractivity contribution < 1.29 is 18.8 Å². The van der Waals surface area contributed by atoms with Gasteiger partial charge in [0.15, 0.2) is 5.76 Å². The van der Waals surface area contributed by atoms with Gasteiger partial charge >= 0.3 is 6.09 Å². The third-order valence-electron chi connectivity index (χ3n) is 4.50. The maximum absolute atomic E-state index is 11.7. The Kier molecular flexibility index (Phi) is 6.04. The number of alkyl carbamates (subject to hydrolysis) is 1. The maximum Gasteiger partial charge on any atom is 0.407 e. The molecule has 1 aromatic carbocycles. The Bertz CT molecular complexity index is 743. The van der Waals surface area contributed by atoms with Crippen LogP contribution >= 0.6 is 0 Å². The lowest BCUT2D eigenvalue weighted by Crippen LogP contribution is -2.34. The Balaban J connectivity index is 1.65. The molecule has 1 aliphatic carbocycles. The normalized spacial score (nSPS) is 14.9. The highest BCUT2D eigenvalue weighted by Gasteiger charge is 2.29. The Morgan fingerprint density at radius 1 is 1.22 bits per heavy atom. The van der Waals surface area contributed by atoms with E-state index < -0.39 is 11.7 Å². The van der Waals surface area contributed by atoms with Crippen molar-refractivity contribution in [1.82, 2.24) is 10.5 Å². The summed E-state index contributed by atoms with van der Waals surface area (Å²) in [5.74, 6) is 1.73. The number of ether oxygens (including phenoxy) is 2. The SMILES string of the molecule is CC(C)(C)OC(=O)NCCOc1noc(-c2ccccc2)c1C1CCCC1. The zero-order chi connectivity index (χ0) is 19.3. The van der Waals surface area contributed by atoms with Gasteiger partial charge in [0, 0.05) is 5.56 Å². The zero-order valence-electron chi connectivity index (χ0n) is 16.3. The Morgan fingerprint density at radius 3 is 2.59 bits per heavy atom. The Morgan fingerprint density at radius 2 is 1.93 bits per heavy atom. The summed E-state index contributed by atoms with van der Waals surface area (Å²) in [5, 5.41) is 6.86. The second kappa shape index (κ2) is 8.46. The van der Waals surface area contributed by atoms with E-state index in [1.54, 1.807) is 0 Å². The van der Waals surface area contributed by atoms with E-state index in [-0.39, 0.29) is 0 Å². The molecule has 0 radical (unpaired) electrons. The van der Waals surface area contributed by atoms with Gasteiger partial charge in [0.1, 0.15) is 12.2 Å². The molecule has 1 fully saturated rings. The van der Waals surface area contributed by atoms with Gasteiger partial charge in [-0.25, -0.2) is 4.79 Å². The topological polar surface area (TPSA) is 73.6 Å². The Labute approximate surface area is 160 Å². The number of hydrogen-bond acceptors (Lipinski definition) is 5. The molecule has 0 unspecified atom stereocenters. The van der Waals surface area contributed by atoms with Crippen LogP contribution in [0.2, 0.25) is 0 Å². The van der Waals surface area contributed by atoms with Gasteiger partial charge in [0.25, 0.3) is 5.88 Å². The zero-order valence-corrected chi connectivity index (χ0v) is 16.3. The van der Waals surface area contributed by atoms with E-state index in [9.17, 15) is 4.79 Å². The molecule has 146 valence electrons. The Hall–Kier alpha value is -2.50. The lowest BCUT2D eigenvalue weighted by atomic mass is 9.95. The quantitative estimate of drug-likeness (QED) is 0.730. The number of carbonyl (C=O) groups is 1. The van der Waals surface area contributed by atoms with E-state index in [0.717, 1.165) is 29.7 Å². The average Bonchev–Trinajstić information content (AvgIpc) is 3.27. The molecular formula is C21H28N2O4. The molecule has 0 aliphatic heterocycles. The van der Waals surface area contributed by atoms with Crippen LogP contribution < -0.4 is 10.1 Å². The molecule has 1 amide bonds. The summed E-state index contributed by atoms with van der Waals surface area (Å²) in [6, 6.07) is 10.00. The minimum atomic E-state index is -0.517. The van der Waals surface area contributed by atoms with Crippen LogP contribution in [-0.4, -0.2) is 30.0 Å². The van der Waals surface area contributed by atoms with Crippen LogP contribution in [0.25, 0.3) is 11.3 Å². The molecule has 0 spiro atoms. The van der Waals surface area contributed by atoms with Crippen molar-refractivity contribution in [2.75, 3.05) is 13.2 Å². The molecule has 0 atom stereocenters. The van der Waals surface area contributed by atoms with E-state index in [0.29, 0.717) is 24.9 Å². The summed E-state index contributed by atoms with van der Waals surface area (Å²) in [4.78, 5) is 11.7. The first-order valence-corrected chi connectivity index (χ1v) is 9.58. The van der Waals surface area contributed by atoms with Gasteiger partial charge in [-0.2, -0.15) is 0 Å². The van der Waals surface area contributed by atoms with Crippen LogP contribution in [-0.2, 0) is 4.74 Å². The number of aromatic nitrogens is 1. The summed E-state index contributed by atoms with van der Waals surface area (Å²) in [6.45, 7) is 6.14. The highest BCUT2D eigenvalue weighted by atomic mass is 16.6. The molecule has 27 heavy (non-hydrogen) atoms. The largest absolute Gasteiger partial charge is 0.473 e. The van der Waals surface area contributed by atoms with Crippen LogP contribution in [0.3, 0.4) is 0 Å². The van der Waals surface area contributed by atoms with Crippen molar-refractivity contribution in [3.63, 3.8) is 0 Å². The predicted molar refractivity (Wildman–Crippen MR) is 103 cm³/mol. The standard InChI is InChI=1S/C21H28N2O4/c1-21(2,3)26-20(24)22-13-14-25-19-17(15-9-7-8-10-15)18(27-23-19)16-11-5-4-6-12-16/h4-6,11-12,15H,7-10,13-14H2,1-3H3,(H,22,24). The molecule has 1 N–H and O–H groups in total. The van der Waals surface area contributed by atoms with Gasteiger partial charge in [-0.1, -0.05) is 43.2 Å². The number of rotatable bonds is 6. The molecule has 3 rings (SSSR count). The molecule has 6 heteroatoms. The smallest absolute Gasteiger partial charge is 0.407 e. The van der Waals surface area contributed by atoms with Crippen LogP contribution in [0.1, 0.15) is 57.9 Å². The fourth-order valence-electron chi connectivity index (χ4n) is 3.37.